The van der Waals surface area contributed by atoms with Gasteiger partial charge in [0.05, 0.1) is 35.3 Å². The van der Waals surface area contributed by atoms with E-state index in [1.165, 1.54) is 11.3 Å². The number of cyclic esters (lactones) is 1. The highest BCUT2D eigenvalue weighted by molar-refractivity contribution is 7.09. The Bertz CT molecular complexity index is 925. The number of ether oxygens (including phenoxy) is 1. The maximum Gasteiger partial charge on any atom is 0.309 e. The number of nitrogens with two attached hydrogens (primary N) is 1. The number of carbonyl (C=O) groups is 2. The van der Waals surface area contributed by atoms with Gasteiger partial charge in [-0.3, -0.25) is 9.59 Å². The zero-order valence-electron chi connectivity index (χ0n) is 22.5. The highest BCUT2D eigenvalue weighted by Gasteiger charge is 2.42. The Balaban J connectivity index is 2.33. The quantitative estimate of drug-likeness (QED) is 0.439. The summed E-state index contributed by atoms with van der Waals surface area (Å²) < 4.78 is 5.79. The molecular weight excluding hydrogens is 480 g/mol. The van der Waals surface area contributed by atoms with E-state index in [9.17, 15) is 24.9 Å². The second-order valence-corrected chi connectivity index (χ2v) is 12.2. The number of Topliss-reactive ketones (excluding diaryl/α,β-unsaturated/α-hetero) is 1. The molecule has 1 fully saturated rings. The summed E-state index contributed by atoms with van der Waals surface area (Å²) in [5.74, 6) is -1.79. The number of esters is 1. The summed E-state index contributed by atoms with van der Waals surface area (Å²) in [4.78, 5) is 30.5. The molecule has 36 heavy (non-hydrogen) atoms. The van der Waals surface area contributed by atoms with Crippen molar-refractivity contribution in [1.29, 1.82) is 0 Å². The molecule has 1 aliphatic rings. The average molecular weight is 525 g/mol. The van der Waals surface area contributed by atoms with Crippen molar-refractivity contribution in [3.63, 3.8) is 0 Å². The molecular formula is C27H44N2O6S. The number of aliphatic hydroxyl groups excluding tert-OH is 2. The molecule has 9 heteroatoms. The smallest absolute Gasteiger partial charge is 0.309 e. The fourth-order valence-electron chi connectivity index (χ4n) is 4.75. The van der Waals surface area contributed by atoms with Crippen molar-refractivity contribution >= 4 is 29.2 Å². The van der Waals surface area contributed by atoms with Gasteiger partial charge in [-0.1, -0.05) is 34.1 Å². The lowest BCUT2D eigenvalue weighted by atomic mass is 9.73. The van der Waals surface area contributed by atoms with Gasteiger partial charge in [0.1, 0.15) is 16.9 Å². The van der Waals surface area contributed by atoms with E-state index in [1.807, 2.05) is 25.3 Å². The first kappa shape index (κ1) is 30.6. The molecule has 1 aliphatic heterocycles. The van der Waals surface area contributed by atoms with Crippen LogP contribution in [0, 0.1) is 17.3 Å². The molecule has 6 atom stereocenters. The molecule has 0 aromatic carbocycles. The Labute approximate surface area is 219 Å². The van der Waals surface area contributed by atoms with Gasteiger partial charge in [0, 0.05) is 17.8 Å². The maximum absolute atomic E-state index is 13.2. The van der Waals surface area contributed by atoms with Gasteiger partial charge in [-0.25, -0.2) is 4.98 Å². The van der Waals surface area contributed by atoms with Gasteiger partial charge in [-0.2, -0.15) is 0 Å². The summed E-state index contributed by atoms with van der Waals surface area (Å²) >= 11 is 1.45. The van der Waals surface area contributed by atoms with Crippen molar-refractivity contribution in [2.75, 3.05) is 0 Å². The van der Waals surface area contributed by atoms with Crippen LogP contribution in [0.25, 0.3) is 6.08 Å². The lowest BCUT2D eigenvalue weighted by Gasteiger charge is -2.35. The van der Waals surface area contributed by atoms with Gasteiger partial charge in [0.25, 0.3) is 0 Å². The summed E-state index contributed by atoms with van der Waals surface area (Å²) in [5.41, 5.74) is 4.94. The van der Waals surface area contributed by atoms with Gasteiger partial charge in [-0.05, 0) is 57.1 Å². The van der Waals surface area contributed by atoms with Crippen molar-refractivity contribution in [2.24, 2.45) is 23.0 Å². The number of rotatable bonds is 3. The molecule has 0 spiro atoms. The van der Waals surface area contributed by atoms with E-state index in [-0.39, 0.29) is 18.1 Å². The van der Waals surface area contributed by atoms with E-state index in [0.29, 0.717) is 38.6 Å². The Morgan fingerprint density at radius 1 is 1.22 bits per heavy atom. The fraction of sp³-hybridized carbons (Fsp3) is 0.741. The number of thiazole rings is 1. The molecule has 0 aliphatic carbocycles. The summed E-state index contributed by atoms with van der Waals surface area (Å²) in [6.45, 7) is 10.7. The van der Waals surface area contributed by atoms with E-state index in [1.54, 1.807) is 27.7 Å². The topological polar surface area (TPSA) is 143 Å². The van der Waals surface area contributed by atoms with Crippen LogP contribution < -0.4 is 5.73 Å². The number of ketones is 1. The average Bonchev–Trinajstić information content (AvgIpc) is 3.26. The van der Waals surface area contributed by atoms with E-state index in [4.69, 9.17) is 10.5 Å². The molecule has 0 saturated carbocycles. The van der Waals surface area contributed by atoms with E-state index >= 15 is 0 Å². The second kappa shape index (κ2) is 12.7. The number of hydrogen-bond donors (Lipinski definition) is 4. The monoisotopic (exact) mass is 524 g/mol. The highest BCUT2D eigenvalue weighted by atomic mass is 32.1. The zero-order valence-corrected chi connectivity index (χ0v) is 23.3. The van der Waals surface area contributed by atoms with Crippen molar-refractivity contribution in [2.45, 2.75) is 111 Å². The number of aliphatic hydroxyl groups is 3. The van der Waals surface area contributed by atoms with Crippen LogP contribution in [0.3, 0.4) is 0 Å². The summed E-state index contributed by atoms with van der Waals surface area (Å²) in [5, 5.41) is 35.3. The summed E-state index contributed by atoms with van der Waals surface area (Å²) in [6.07, 6.45) is 1.37. The maximum atomic E-state index is 13.2. The molecule has 1 aromatic heterocycles. The van der Waals surface area contributed by atoms with Crippen molar-refractivity contribution in [3.05, 3.63) is 21.7 Å². The van der Waals surface area contributed by atoms with Crippen LogP contribution in [0.2, 0.25) is 0 Å². The van der Waals surface area contributed by atoms with Gasteiger partial charge in [0.15, 0.2) is 0 Å². The number of carbonyl (C=O) groups excluding carboxylic acids is 2. The largest absolute Gasteiger partial charge is 0.458 e. The number of hydrogen-bond acceptors (Lipinski definition) is 9. The first-order chi connectivity index (χ1) is 16.7. The minimum absolute atomic E-state index is 0.153. The van der Waals surface area contributed by atoms with E-state index < -0.39 is 41.2 Å². The number of nitrogens with zero attached hydrogens (tertiary/aromatic N) is 1. The SMILES string of the molecule is C/C(=C\c1csc(CN)n1)[C@@H]1CC[C@](C)(O)CCC[C@H](C)[C@H](O)[C@@H](C)C(=O)C(C)(C)[C@@H](O)CC(=O)O1. The Hall–Kier alpha value is -1.65. The first-order valence-electron chi connectivity index (χ1n) is 12.8. The van der Waals surface area contributed by atoms with E-state index in [0.717, 1.165) is 16.3 Å². The van der Waals surface area contributed by atoms with Crippen molar-refractivity contribution in [1.82, 2.24) is 4.98 Å². The molecule has 0 unspecified atom stereocenters. The van der Waals surface area contributed by atoms with E-state index in [2.05, 4.69) is 4.98 Å². The van der Waals surface area contributed by atoms with Crippen LogP contribution in [0.4, 0.5) is 0 Å². The van der Waals surface area contributed by atoms with Crippen molar-refractivity contribution in [3.8, 4) is 0 Å². The third-order valence-electron chi connectivity index (χ3n) is 7.56. The first-order valence-corrected chi connectivity index (χ1v) is 13.7. The molecule has 8 nitrogen and oxygen atoms in total. The molecule has 204 valence electrons. The Morgan fingerprint density at radius 3 is 2.50 bits per heavy atom. The molecule has 2 rings (SSSR count). The number of aromatic nitrogens is 1. The summed E-state index contributed by atoms with van der Waals surface area (Å²) in [6, 6.07) is 0. The van der Waals surface area contributed by atoms with Gasteiger partial charge < -0.3 is 25.8 Å². The van der Waals surface area contributed by atoms with Crippen LogP contribution in [-0.2, 0) is 20.9 Å². The molecule has 5 N–H and O–H groups in total. The second-order valence-electron chi connectivity index (χ2n) is 11.2. The molecule has 2 heterocycles. The minimum Gasteiger partial charge on any atom is -0.458 e. The highest BCUT2D eigenvalue weighted by Crippen LogP contribution is 2.33. The molecule has 1 aromatic rings. The van der Waals surface area contributed by atoms with Gasteiger partial charge >= 0.3 is 5.97 Å². The third kappa shape index (κ3) is 8.18. The Kier molecular flexibility index (Phi) is 10.8. The van der Waals surface area contributed by atoms with Crippen LogP contribution in [0.1, 0.15) is 90.8 Å². The predicted molar refractivity (Wildman–Crippen MR) is 141 cm³/mol. The lowest BCUT2D eigenvalue weighted by molar-refractivity contribution is -0.155. The summed E-state index contributed by atoms with van der Waals surface area (Å²) in [7, 11) is 0. The van der Waals surface area contributed by atoms with Crippen LogP contribution in [0.15, 0.2) is 11.0 Å². The third-order valence-corrected chi connectivity index (χ3v) is 8.45. The predicted octanol–water partition coefficient (Wildman–Crippen LogP) is 3.61. The zero-order chi connectivity index (χ0) is 27.3. The van der Waals surface area contributed by atoms with Crippen LogP contribution in [0.5, 0.6) is 0 Å². The van der Waals surface area contributed by atoms with Crippen LogP contribution in [-0.4, -0.2) is 56.0 Å². The van der Waals surface area contributed by atoms with Crippen LogP contribution >= 0.6 is 11.3 Å². The molecule has 0 radical (unpaired) electrons. The minimum atomic E-state index is -1.27. The molecule has 0 amide bonds. The lowest BCUT2D eigenvalue weighted by Crippen LogP contribution is -2.45. The molecule has 0 bridgehead atoms. The van der Waals surface area contributed by atoms with Gasteiger partial charge in [0.2, 0.25) is 0 Å². The standard InChI is InChI=1S/C27H44N2O6S/c1-16-8-7-10-27(6,34)11-9-20(17(2)12-19-15-36-22(14-28)29-19)35-23(31)13-21(30)26(4,5)25(33)18(3)24(16)32/h12,15-16,18,20-21,24,30,32,34H,7-11,13-14,28H2,1-6H3/b17-12+/t16-,18+,20-,21-,24-,27+/m0/s1. The van der Waals surface area contributed by atoms with Gasteiger partial charge in [-0.15, -0.1) is 11.3 Å². The fourth-order valence-corrected chi connectivity index (χ4v) is 5.38. The normalized spacial score (nSPS) is 33.8. The Morgan fingerprint density at radius 2 is 1.89 bits per heavy atom. The van der Waals surface area contributed by atoms with Crippen molar-refractivity contribution < 1.29 is 29.6 Å². The molecule has 1 saturated heterocycles.